The molecule has 1 heterocycles. The summed E-state index contributed by atoms with van der Waals surface area (Å²) in [5.41, 5.74) is 0. The third-order valence-electron chi connectivity index (χ3n) is 3.49. The molecule has 2 nitrogen and oxygen atoms in total. The van der Waals surface area contributed by atoms with Crippen molar-refractivity contribution >= 4 is 17.1 Å². The smallest absolute Gasteiger partial charge is 0.155 e. The largest absolute Gasteiger partial charge is 0.298 e. The van der Waals surface area contributed by atoms with Crippen molar-refractivity contribution in [3.05, 3.63) is 22.4 Å². The maximum Gasteiger partial charge on any atom is 0.155 e. The standard InChI is InChI=1S/C14H17NOS/c15-10-12(14-7-4-8-17-14)13(16)9-11-5-2-1-3-6-11/h4,7-8,11-12H,1-3,5-6,9H2. The van der Waals surface area contributed by atoms with E-state index in [2.05, 4.69) is 6.07 Å². The molecule has 90 valence electrons. The predicted molar refractivity (Wildman–Crippen MR) is 68.9 cm³/mol. The number of carbonyl (C=O) groups is 1. The predicted octanol–water partition coefficient (Wildman–Crippen LogP) is 3.89. The Kier molecular flexibility index (Phi) is 4.33. The van der Waals surface area contributed by atoms with Crippen LogP contribution in [0.15, 0.2) is 17.5 Å². The minimum absolute atomic E-state index is 0.113. The van der Waals surface area contributed by atoms with E-state index in [0.717, 1.165) is 17.7 Å². The van der Waals surface area contributed by atoms with Crippen LogP contribution in [0.25, 0.3) is 0 Å². The van der Waals surface area contributed by atoms with Gasteiger partial charge in [0.1, 0.15) is 5.92 Å². The van der Waals surface area contributed by atoms with Gasteiger partial charge in [-0.1, -0.05) is 38.2 Å². The van der Waals surface area contributed by atoms with Crippen molar-refractivity contribution < 1.29 is 4.79 Å². The zero-order valence-electron chi connectivity index (χ0n) is 9.89. The van der Waals surface area contributed by atoms with E-state index in [1.807, 2.05) is 17.5 Å². The second-order valence-corrected chi connectivity index (χ2v) is 5.73. The highest BCUT2D eigenvalue weighted by molar-refractivity contribution is 7.10. The van der Waals surface area contributed by atoms with E-state index in [-0.39, 0.29) is 5.78 Å². The number of nitrogens with zero attached hydrogens (tertiary/aromatic N) is 1. The zero-order valence-corrected chi connectivity index (χ0v) is 10.7. The van der Waals surface area contributed by atoms with Crippen LogP contribution in [0.3, 0.4) is 0 Å². The number of ketones is 1. The molecule has 0 bridgehead atoms. The van der Waals surface area contributed by atoms with Crippen molar-refractivity contribution in [1.29, 1.82) is 5.26 Å². The second kappa shape index (κ2) is 5.97. The van der Waals surface area contributed by atoms with Crippen LogP contribution in [0.1, 0.15) is 49.3 Å². The van der Waals surface area contributed by atoms with Gasteiger partial charge in [0, 0.05) is 11.3 Å². The molecule has 1 aromatic rings. The number of hydrogen-bond donors (Lipinski definition) is 0. The summed E-state index contributed by atoms with van der Waals surface area (Å²) < 4.78 is 0. The zero-order chi connectivity index (χ0) is 12.1. The molecule has 1 saturated carbocycles. The SMILES string of the molecule is N#CC(C(=O)CC1CCCCC1)c1cccs1. The van der Waals surface area contributed by atoms with Crippen LogP contribution in [0.2, 0.25) is 0 Å². The normalized spacial score (nSPS) is 18.5. The molecule has 1 unspecified atom stereocenters. The van der Waals surface area contributed by atoms with Crippen molar-refractivity contribution in [2.75, 3.05) is 0 Å². The summed E-state index contributed by atoms with van der Waals surface area (Å²) in [7, 11) is 0. The molecule has 0 aliphatic heterocycles. The summed E-state index contributed by atoms with van der Waals surface area (Å²) in [5.74, 6) is 0.103. The summed E-state index contributed by atoms with van der Waals surface area (Å²) >= 11 is 1.50. The first-order valence-electron chi connectivity index (χ1n) is 6.27. The molecule has 1 aromatic heterocycles. The summed E-state index contributed by atoms with van der Waals surface area (Å²) in [4.78, 5) is 13.0. The number of Topliss-reactive ketones (excluding diaryl/α,β-unsaturated/α-hetero) is 1. The lowest BCUT2D eigenvalue weighted by molar-refractivity contribution is -0.120. The molecular weight excluding hydrogens is 230 g/mol. The van der Waals surface area contributed by atoms with Crippen molar-refractivity contribution in [3.8, 4) is 6.07 Å². The van der Waals surface area contributed by atoms with E-state index in [9.17, 15) is 4.79 Å². The summed E-state index contributed by atoms with van der Waals surface area (Å²) in [5, 5.41) is 11.1. The minimum atomic E-state index is -0.531. The average Bonchev–Trinajstić information content (AvgIpc) is 2.85. The number of carbonyl (C=O) groups excluding carboxylic acids is 1. The number of nitriles is 1. The molecular formula is C14H17NOS. The molecule has 1 aliphatic rings. The highest BCUT2D eigenvalue weighted by atomic mass is 32.1. The minimum Gasteiger partial charge on any atom is -0.298 e. The summed E-state index contributed by atoms with van der Waals surface area (Å²) in [6.45, 7) is 0. The number of hydrogen-bond acceptors (Lipinski definition) is 3. The van der Waals surface area contributed by atoms with E-state index in [1.165, 1.54) is 30.6 Å². The van der Waals surface area contributed by atoms with Gasteiger partial charge in [0.05, 0.1) is 6.07 Å². The van der Waals surface area contributed by atoms with Gasteiger partial charge in [-0.15, -0.1) is 11.3 Å². The van der Waals surface area contributed by atoms with Crippen LogP contribution in [-0.4, -0.2) is 5.78 Å². The Hall–Kier alpha value is -1.14. The number of thiophene rings is 1. The maximum atomic E-state index is 12.1. The maximum absolute atomic E-state index is 12.1. The van der Waals surface area contributed by atoms with E-state index < -0.39 is 5.92 Å². The monoisotopic (exact) mass is 247 g/mol. The summed E-state index contributed by atoms with van der Waals surface area (Å²) in [6.07, 6.45) is 6.71. The van der Waals surface area contributed by atoms with Crippen LogP contribution < -0.4 is 0 Å². The third kappa shape index (κ3) is 3.17. The Morgan fingerprint density at radius 1 is 1.47 bits per heavy atom. The fraction of sp³-hybridized carbons (Fsp3) is 0.571. The van der Waals surface area contributed by atoms with Gasteiger partial charge < -0.3 is 0 Å². The molecule has 1 atom stereocenters. The highest BCUT2D eigenvalue weighted by Crippen LogP contribution is 2.30. The van der Waals surface area contributed by atoms with Gasteiger partial charge in [0.25, 0.3) is 0 Å². The van der Waals surface area contributed by atoms with Crippen molar-refractivity contribution in [2.24, 2.45) is 5.92 Å². The molecule has 0 N–H and O–H groups in total. The first-order chi connectivity index (χ1) is 8.31. The molecule has 1 fully saturated rings. The summed E-state index contributed by atoms with van der Waals surface area (Å²) in [6, 6.07) is 5.94. The fourth-order valence-electron chi connectivity index (χ4n) is 2.54. The lowest BCUT2D eigenvalue weighted by Crippen LogP contribution is -2.16. The van der Waals surface area contributed by atoms with Crippen molar-refractivity contribution in [3.63, 3.8) is 0 Å². The molecule has 0 saturated heterocycles. The Labute approximate surface area is 106 Å². The Morgan fingerprint density at radius 3 is 2.82 bits per heavy atom. The molecule has 1 aliphatic carbocycles. The van der Waals surface area contributed by atoms with Gasteiger partial charge in [-0.25, -0.2) is 0 Å². The Morgan fingerprint density at radius 2 is 2.24 bits per heavy atom. The van der Waals surface area contributed by atoms with Gasteiger partial charge in [-0.3, -0.25) is 4.79 Å². The molecule has 0 spiro atoms. The third-order valence-corrected chi connectivity index (χ3v) is 4.43. The van der Waals surface area contributed by atoms with Gasteiger partial charge >= 0.3 is 0 Å². The Balaban J connectivity index is 1.96. The topological polar surface area (TPSA) is 40.9 Å². The van der Waals surface area contributed by atoms with Gasteiger partial charge in [-0.05, 0) is 17.4 Å². The van der Waals surface area contributed by atoms with E-state index >= 15 is 0 Å². The quantitative estimate of drug-likeness (QED) is 0.809. The van der Waals surface area contributed by atoms with Crippen molar-refractivity contribution in [2.45, 2.75) is 44.4 Å². The lowest BCUT2D eigenvalue weighted by Gasteiger charge is -2.21. The molecule has 3 heteroatoms. The lowest BCUT2D eigenvalue weighted by atomic mass is 9.83. The first kappa shape index (κ1) is 12.3. The van der Waals surface area contributed by atoms with Crippen LogP contribution in [0.4, 0.5) is 0 Å². The number of rotatable bonds is 4. The van der Waals surface area contributed by atoms with Gasteiger partial charge in [0.15, 0.2) is 5.78 Å². The van der Waals surface area contributed by atoms with Gasteiger partial charge in [0.2, 0.25) is 0 Å². The fourth-order valence-corrected chi connectivity index (χ4v) is 3.34. The van der Waals surface area contributed by atoms with Crippen LogP contribution in [0, 0.1) is 17.2 Å². The molecule has 17 heavy (non-hydrogen) atoms. The average molecular weight is 247 g/mol. The van der Waals surface area contributed by atoms with Crippen LogP contribution >= 0.6 is 11.3 Å². The van der Waals surface area contributed by atoms with Gasteiger partial charge in [-0.2, -0.15) is 5.26 Å². The second-order valence-electron chi connectivity index (χ2n) is 4.75. The van der Waals surface area contributed by atoms with Crippen molar-refractivity contribution in [1.82, 2.24) is 0 Å². The van der Waals surface area contributed by atoms with E-state index in [0.29, 0.717) is 12.3 Å². The van der Waals surface area contributed by atoms with E-state index in [1.54, 1.807) is 0 Å². The highest BCUT2D eigenvalue weighted by Gasteiger charge is 2.25. The molecule has 0 aromatic carbocycles. The van der Waals surface area contributed by atoms with E-state index in [4.69, 9.17) is 5.26 Å². The van der Waals surface area contributed by atoms with Crippen LogP contribution in [-0.2, 0) is 4.79 Å². The molecule has 0 amide bonds. The van der Waals surface area contributed by atoms with Crippen LogP contribution in [0.5, 0.6) is 0 Å². The molecule has 2 rings (SSSR count). The Bertz CT molecular complexity index is 398. The first-order valence-corrected chi connectivity index (χ1v) is 7.15. The molecule has 0 radical (unpaired) electrons.